The molecule has 0 aromatic heterocycles. The van der Waals surface area contributed by atoms with Crippen LogP contribution in [0.25, 0.3) is 0 Å². The second kappa shape index (κ2) is 6.98. The van der Waals surface area contributed by atoms with E-state index in [1.165, 1.54) is 4.90 Å². The summed E-state index contributed by atoms with van der Waals surface area (Å²) in [6.07, 6.45) is 0.691. The number of hydrogen-bond acceptors (Lipinski definition) is 4. The van der Waals surface area contributed by atoms with Gasteiger partial charge in [0.05, 0.1) is 12.7 Å². The van der Waals surface area contributed by atoms with E-state index in [0.717, 1.165) is 0 Å². The number of likely N-dealkylation sites (tertiary alicyclic amines) is 1. The minimum absolute atomic E-state index is 0.0110. The second-order valence-corrected chi connectivity index (χ2v) is 5.68. The van der Waals surface area contributed by atoms with E-state index >= 15 is 0 Å². The van der Waals surface area contributed by atoms with Gasteiger partial charge in [-0.05, 0) is 25.3 Å². The Bertz CT molecular complexity index is 521. The smallest absolute Gasteiger partial charge is 0.407 e. The number of carbonyl (C=O) groups is 1. The zero-order valence-electron chi connectivity index (χ0n) is 12.7. The van der Waals surface area contributed by atoms with Gasteiger partial charge < -0.3 is 25.0 Å². The van der Waals surface area contributed by atoms with Crippen LogP contribution in [0.1, 0.15) is 31.2 Å². The van der Waals surface area contributed by atoms with Gasteiger partial charge in [0.15, 0.2) is 0 Å². The Hall–Kier alpha value is -1.79. The van der Waals surface area contributed by atoms with Gasteiger partial charge in [-0.2, -0.15) is 0 Å². The summed E-state index contributed by atoms with van der Waals surface area (Å²) in [4.78, 5) is 12.7. The highest BCUT2D eigenvalue weighted by Crippen LogP contribution is 2.41. The average Bonchev–Trinajstić information content (AvgIpc) is 2.52. The summed E-state index contributed by atoms with van der Waals surface area (Å²) in [5, 5.41) is 29.4. The van der Waals surface area contributed by atoms with Gasteiger partial charge in [0.1, 0.15) is 5.75 Å². The fourth-order valence-corrected chi connectivity index (χ4v) is 3.20. The van der Waals surface area contributed by atoms with E-state index in [0.29, 0.717) is 37.0 Å². The van der Waals surface area contributed by atoms with Crippen molar-refractivity contribution >= 4 is 6.09 Å². The number of piperidine rings is 1. The van der Waals surface area contributed by atoms with Crippen LogP contribution in [-0.2, 0) is 5.60 Å². The predicted octanol–water partition coefficient (Wildman–Crippen LogP) is 1.80. The van der Waals surface area contributed by atoms with Crippen molar-refractivity contribution in [2.75, 3.05) is 20.3 Å². The summed E-state index contributed by atoms with van der Waals surface area (Å²) in [6.45, 7) is 0.275. The maximum absolute atomic E-state index is 11.4. The Balaban J connectivity index is 2.26. The summed E-state index contributed by atoms with van der Waals surface area (Å²) in [5.74, 6) is 0.606. The predicted molar refractivity (Wildman–Crippen MR) is 81.0 cm³/mol. The number of hydrogen-bond donors (Lipinski definition) is 3. The minimum atomic E-state index is -1.11. The van der Waals surface area contributed by atoms with Crippen LogP contribution in [0, 0.1) is 0 Å². The Morgan fingerprint density at radius 3 is 2.82 bits per heavy atom. The van der Waals surface area contributed by atoms with Gasteiger partial charge in [-0.3, -0.25) is 0 Å². The Morgan fingerprint density at radius 2 is 2.18 bits per heavy atom. The zero-order valence-corrected chi connectivity index (χ0v) is 12.7. The number of benzene rings is 1. The van der Waals surface area contributed by atoms with Crippen molar-refractivity contribution in [1.29, 1.82) is 0 Å². The summed E-state index contributed by atoms with van der Waals surface area (Å²) in [6, 6.07) is 6.97. The van der Waals surface area contributed by atoms with Crippen molar-refractivity contribution in [1.82, 2.24) is 4.90 Å². The normalized spacial score (nSPS) is 25.0. The Labute approximate surface area is 129 Å². The number of methoxy groups -OCH3 is 1. The lowest BCUT2D eigenvalue weighted by atomic mass is 9.79. The van der Waals surface area contributed by atoms with Gasteiger partial charge in [0.2, 0.25) is 0 Å². The van der Waals surface area contributed by atoms with Crippen molar-refractivity contribution in [3.63, 3.8) is 0 Å². The fourth-order valence-electron chi connectivity index (χ4n) is 3.20. The molecule has 0 saturated carbocycles. The molecular formula is C16H23NO5. The van der Waals surface area contributed by atoms with Crippen molar-refractivity contribution in [3.8, 4) is 5.75 Å². The first-order valence-electron chi connectivity index (χ1n) is 7.48. The lowest BCUT2D eigenvalue weighted by molar-refractivity contribution is -0.0487. The van der Waals surface area contributed by atoms with E-state index in [-0.39, 0.29) is 19.2 Å². The van der Waals surface area contributed by atoms with Gasteiger partial charge in [-0.25, -0.2) is 4.79 Å². The van der Waals surface area contributed by atoms with E-state index in [9.17, 15) is 15.0 Å². The number of rotatable bonds is 5. The molecule has 122 valence electrons. The van der Waals surface area contributed by atoms with Crippen LogP contribution in [0.15, 0.2) is 24.3 Å². The number of nitrogens with zero attached hydrogens (tertiary/aromatic N) is 1. The van der Waals surface area contributed by atoms with E-state index in [1.807, 2.05) is 18.2 Å². The van der Waals surface area contributed by atoms with Crippen LogP contribution in [0.2, 0.25) is 0 Å². The van der Waals surface area contributed by atoms with Gasteiger partial charge in [0, 0.05) is 31.2 Å². The first kappa shape index (κ1) is 16.6. The standard InChI is InChI=1S/C16H23NO5/c1-22-14-7-3-2-6-13(14)16(21)8-9-17(15(19)20)12(11-16)5-4-10-18/h2-3,6-7,12,18,21H,4-5,8-11H2,1H3,(H,19,20). The number of aliphatic hydroxyl groups excluding tert-OH is 1. The van der Waals surface area contributed by atoms with Gasteiger partial charge >= 0.3 is 6.09 Å². The molecule has 1 aromatic rings. The molecule has 0 spiro atoms. The molecule has 6 heteroatoms. The molecule has 1 aliphatic rings. The topological polar surface area (TPSA) is 90.2 Å². The quantitative estimate of drug-likeness (QED) is 0.771. The van der Waals surface area contributed by atoms with E-state index < -0.39 is 11.7 Å². The fraction of sp³-hybridized carbons (Fsp3) is 0.562. The van der Waals surface area contributed by atoms with E-state index in [4.69, 9.17) is 9.84 Å². The van der Waals surface area contributed by atoms with Gasteiger partial charge in [-0.15, -0.1) is 0 Å². The molecule has 1 heterocycles. The van der Waals surface area contributed by atoms with Crippen molar-refractivity contribution in [2.45, 2.75) is 37.3 Å². The molecule has 2 rings (SSSR count). The highest BCUT2D eigenvalue weighted by molar-refractivity contribution is 5.65. The summed E-state index contributed by atoms with van der Waals surface area (Å²) >= 11 is 0. The third-order valence-electron chi connectivity index (χ3n) is 4.33. The number of amides is 1. The maximum Gasteiger partial charge on any atom is 0.407 e. The van der Waals surface area contributed by atoms with Crippen LogP contribution < -0.4 is 4.74 Å². The second-order valence-electron chi connectivity index (χ2n) is 5.68. The van der Waals surface area contributed by atoms with Crippen LogP contribution in [0.5, 0.6) is 5.75 Å². The Morgan fingerprint density at radius 1 is 1.45 bits per heavy atom. The lowest BCUT2D eigenvalue weighted by Crippen LogP contribution is -2.51. The third-order valence-corrected chi connectivity index (χ3v) is 4.33. The van der Waals surface area contributed by atoms with Crippen LogP contribution in [0.4, 0.5) is 4.79 Å². The SMILES string of the molecule is COc1ccccc1C1(O)CCN(C(=O)O)C(CCCO)C1. The molecule has 2 atom stereocenters. The number of ether oxygens (including phenoxy) is 1. The lowest BCUT2D eigenvalue weighted by Gasteiger charge is -2.43. The summed E-state index contributed by atoms with van der Waals surface area (Å²) < 4.78 is 5.32. The van der Waals surface area contributed by atoms with Crippen LogP contribution >= 0.6 is 0 Å². The molecule has 0 bridgehead atoms. The molecule has 1 amide bonds. The number of para-hydroxylation sites is 1. The average molecular weight is 309 g/mol. The van der Waals surface area contributed by atoms with E-state index in [1.54, 1.807) is 13.2 Å². The molecule has 3 N–H and O–H groups in total. The van der Waals surface area contributed by atoms with E-state index in [2.05, 4.69) is 0 Å². The van der Waals surface area contributed by atoms with Crippen LogP contribution in [-0.4, -0.2) is 52.6 Å². The molecule has 1 saturated heterocycles. The number of carboxylic acid groups (broad SMARTS) is 1. The van der Waals surface area contributed by atoms with Crippen LogP contribution in [0.3, 0.4) is 0 Å². The molecular weight excluding hydrogens is 286 g/mol. The zero-order chi connectivity index (χ0) is 16.2. The minimum Gasteiger partial charge on any atom is -0.496 e. The molecule has 2 unspecified atom stereocenters. The highest BCUT2D eigenvalue weighted by Gasteiger charge is 2.42. The molecule has 0 radical (unpaired) electrons. The maximum atomic E-state index is 11.4. The first-order valence-corrected chi connectivity index (χ1v) is 7.48. The molecule has 1 fully saturated rings. The highest BCUT2D eigenvalue weighted by atomic mass is 16.5. The first-order chi connectivity index (χ1) is 10.5. The third kappa shape index (κ3) is 3.34. The van der Waals surface area contributed by atoms with Crippen molar-refractivity contribution in [2.24, 2.45) is 0 Å². The summed E-state index contributed by atoms with van der Waals surface area (Å²) in [5.41, 5.74) is -0.421. The monoisotopic (exact) mass is 309 g/mol. The summed E-state index contributed by atoms with van der Waals surface area (Å²) in [7, 11) is 1.55. The number of aliphatic hydroxyl groups is 2. The molecule has 1 aromatic carbocycles. The van der Waals surface area contributed by atoms with Gasteiger partial charge in [-0.1, -0.05) is 18.2 Å². The molecule has 22 heavy (non-hydrogen) atoms. The van der Waals surface area contributed by atoms with Crippen molar-refractivity contribution < 1.29 is 24.9 Å². The molecule has 6 nitrogen and oxygen atoms in total. The molecule has 1 aliphatic heterocycles. The molecule has 0 aliphatic carbocycles. The Kier molecular flexibility index (Phi) is 5.26. The van der Waals surface area contributed by atoms with Crippen molar-refractivity contribution in [3.05, 3.63) is 29.8 Å². The largest absolute Gasteiger partial charge is 0.496 e. The van der Waals surface area contributed by atoms with Gasteiger partial charge in [0.25, 0.3) is 0 Å².